The molecule has 0 radical (unpaired) electrons. The predicted octanol–water partition coefficient (Wildman–Crippen LogP) is 0.0366. The summed E-state index contributed by atoms with van der Waals surface area (Å²) in [6.45, 7) is 11.9. The number of aliphatic hydroxyl groups excluding tert-OH is 3. The van der Waals surface area contributed by atoms with Crippen LogP contribution in [-0.4, -0.2) is 104 Å². The standard InChI is InChI=1S/C34H46O14/c1-11-19-22(32(7)33(8,43)29(42)48-34(32)27(11)47-34)25(41)20-18-21(26(45-13(3)36)28(31(19,20)6)46-14(4)37)30(5)16(23(39)24(18)40)9-15(38)10-17(30)44-12(2)35/h11,15-22,24-28,38,40-41,43H,9-10H2,1-8H3/t11-,15-,16?,17-,18?,19?,20?,21?,22?,24+,25+,26-,27-,28-,30+,31+,32-,33+,34+/m0/s1. The Hall–Kier alpha value is -2.65. The van der Waals surface area contributed by atoms with Gasteiger partial charge in [0.2, 0.25) is 5.79 Å². The molecule has 266 valence electrons. The second-order valence-electron chi connectivity index (χ2n) is 16.4. The first-order chi connectivity index (χ1) is 22.1. The SMILES string of the molecule is CC(=O)O[C@H]1C[C@@H](O)CC2C(=O)[C@H](O)C3C([C@H](OC(C)=O)[C@H](OC(C)=O)[C@@]4(C)C3[C@@H](O)C3C4[C@H](C)[C@@H]4O[C@@]45OC(=O)[C@@](C)(O)[C@]35C)[C@]21C. The van der Waals surface area contributed by atoms with Crippen LogP contribution in [0, 0.1) is 57.7 Å². The molecule has 7 fully saturated rings. The molecule has 0 bridgehead atoms. The maximum Gasteiger partial charge on any atom is 0.341 e. The van der Waals surface area contributed by atoms with E-state index in [0.717, 1.165) is 0 Å². The van der Waals surface area contributed by atoms with Gasteiger partial charge in [0.1, 0.15) is 30.5 Å². The molecule has 19 atom stereocenters. The van der Waals surface area contributed by atoms with Crippen LogP contribution in [0.25, 0.3) is 0 Å². The third-order valence-corrected chi connectivity index (χ3v) is 14.4. The number of aliphatic hydroxyl groups is 4. The van der Waals surface area contributed by atoms with Gasteiger partial charge in [0.05, 0.1) is 17.6 Å². The van der Waals surface area contributed by atoms with E-state index in [1.165, 1.54) is 27.7 Å². The van der Waals surface area contributed by atoms with Crippen LogP contribution in [-0.2, 0) is 47.7 Å². The number of rotatable bonds is 3. The highest BCUT2D eigenvalue weighted by Crippen LogP contribution is 2.80. The summed E-state index contributed by atoms with van der Waals surface area (Å²) in [5, 5.41) is 47.5. The monoisotopic (exact) mass is 678 g/mol. The molecular weight excluding hydrogens is 632 g/mol. The Bertz CT molecular complexity index is 1490. The molecule has 2 aliphatic heterocycles. The fraction of sp³-hybridized carbons (Fsp3) is 0.853. The number of hydrogen-bond donors (Lipinski definition) is 4. The first-order valence-corrected chi connectivity index (χ1v) is 16.9. The van der Waals surface area contributed by atoms with Crippen LogP contribution in [0.2, 0.25) is 0 Å². The number of esters is 4. The van der Waals surface area contributed by atoms with E-state index >= 15 is 0 Å². The first kappa shape index (κ1) is 33.8. The van der Waals surface area contributed by atoms with Gasteiger partial charge in [0.25, 0.3) is 0 Å². The van der Waals surface area contributed by atoms with Crippen molar-refractivity contribution in [2.24, 2.45) is 57.7 Å². The molecule has 0 aromatic heterocycles. The van der Waals surface area contributed by atoms with Crippen molar-refractivity contribution in [3.8, 4) is 0 Å². The molecule has 5 saturated carbocycles. The number of carbonyl (C=O) groups is 5. The summed E-state index contributed by atoms with van der Waals surface area (Å²) >= 11 is 0. The number of ketones is 1. The second kappa shape index (κ2) is 9.99. The normalized spacial score (nSPS) is 57.4. The molecule has 7 rings (SSSR count). The average molecular weight is 679 g/mol. The molecule has 14 nitrogen and oxygen atoms in total. The fourth-order valence-corrected chi connectivity index (χ4v) is 12.6. The van der Waals surface area contributed by atoms with Crippen LogP contribution in [0.3, 0.4) is 0 Å². The highest BCUT2D eigenvalue weighted by atomic mass is 16.8. The number of ether oxygens (including phenoxy) is 5. The minimum atomic E-state index is -2.13. The maximum absolute atomic E-state index is 14.3. The lowest BCUT2D eigenvalue weighted by Crippen LogP contribution is -2.74. The van der Waals surface area contributed by atoms with Crippen LogP contribution in [0.5, 0.6) is 0 Å². The number of carbonyl (C=O) groups excluding carboxylic acids is 5. The molecule has 2 saturated heterocycles. The van der Waals surface area contributed by atoms with Gasteiger partial charge in [-0.2, -0.15) is 0 Å². The van der Waals surface area contributed by atoms with Gasteiger partial charge in [0.15, 0.2) is 11.4 Å². The zero-order chi connectivity index (χ0) is 35.4. The molecular formula is C34H46O14. The summed E-state index contributed by atoms with van der Waals surface area (Å²) in [6.07, 6.45) is -8.64. The zero-order valence-corrected chi connectivity index (χ0v) is 28.4. The lowest BCUT2D eigenvalue weighted by Gasteiger charge is -2.66. The molecule has 0 aromatic carbocycles. The Kier molecular flexibility index (Phi) is 7.04. The second-order valence-corrected chi connectivity index (χ2v) is 16.4. The third-order valence-electron chi connectivity index (χ3n) is 14.4. The van der Waals surface area contributed by atoms with Crippen LogP contribution >= 0.6 is 0 Å². The van der Waals surface area contributed by atoms with E-state index in [1.807, 2.05) is 6.92 Å². The van der Waals surface area contributed by atoms with Gasteiger partial charge in [-0.1, -0.05) is 20.8 Å². The van der Waals surface area contributed by atoms with Crippen molar-refractivity contribution in [2.45, 2.75) is 122 Å². The smallest absolute Gasteiger partial charge is 0.341 e. The van der Waals surface area contributed by atoms with Crippen molar-refractivity contribution in [1.29, 1.82) is 0 Å². The van der Waals surface area contributed by atoms with Gasteiger partial charge in [-0.25, -0.2) is 4.79 Å². The Morgan fingerprint density at radius 2 is 1.42 bits per heavy atom. The Balaban J connectivity index is 1.50. The molecule has 1 spiro atoms. The van der Waals surface area contributed by atoms with Gasteiger partial charge in [-0.05, 0) is 32.1 Å². The highest BCUT2D eigenvalue weighted by Gasteiger charge is 2.93. The van der Waals surface area contributed by atoms with Gasteiger partial charge in [0, 0.05) is 67.6 Å². The van der Waals surface area contributed by atoms with Crippen molar-refractivity contribution < 1.29 is 68.1 Å². The van der Waals surface area contributed by atoms with Crippen LogP contribution < -0.4 is 0 Å². The van der Waals surface area contributed by atoms with Gasteiger partial charge in [-0.3, -0.25) is 19.2 Å². The van der Waals surface area contributed by atoms with Crippen molar-refractivity contribution in [3.05, 3.63) is 0 Å². The first-order valence-electron chi connectivity index (χ1n) is 16.9. The summed E-state index contributed by atoms with van der Waals surface area (Å²) in [7, 11) is 0. The lowest BCUT2D eigenvalue weighted by molar-refractivity contribution is -0.278. The summed E-state index contributed by atoms with van der Waals surface area (Å²) in [6, 6.07) is 0. The summed E-state index contributed by atoms with van der Waals surface area (Å²) in [4.78, 5) is 66.0. The summed E-state index contributed by atoms with van der Waals surface area (Å²) < 4.78 is 29.9. The number of epoxide rings is 1. The molecule has 0 aromatic rings. The average Bonchev–Trinajstić information content (AvgIpc) is 3.62. The van der Waals surface area contributed by atoms with Crippen molar-refractivity contribution in [3.63, 3.8) is 0 Å². The van der Waals surface area contributed by atoms with Crippen LogP contribution in [0.15, 0.2) is 0 Å². The third kappa shape index (κ3) is 3.68. The zero-order valence-electron chi connectivity index (χ0n) is 28.4. The molecule has 14 heteroatoms. The van der Waals surface area contributed by atoms with E-state index in [2.05, 4.69) is 0 Å². The molecule has 0 amide bonds. The van der Waals surface area contributed by atoms with Crippen LogP contribution in [0.4, 0.5) is 0 Å². The molecule has 2 heterocycles. The van der Waals surface area contributed by atoms with Crippen molar-refractivity contribution in [1.82, 2.24) is 0 Å². The Morgan fingerprint density at radius 3 is 2.00 bits per heavy atom. The van der Waals surface area contributed by atoms with Gasteiger partial charge < -0.3 is 44.1 Å². The Labute approximate surface area is 277 Å². The molecule has 4 N–H and O–H groups in total. The van der Waals surface area contributed by atoms with E-state index in [0.29, 0.717) is 0 Å². The van der Waals surface area contributed by atoms with E-state index in [4.69, 9.17) is 23.7 Å². The molecule has 7 aliphatic rings. The minimum Gasteiger partial charge on any atom is -0.462 e. The quantitative estimate of drug-likeness (QED) is 0.176. The largest absolute Gasteiger partial charge is 0.462 e. The molecule has 6 unspecified atom stereocenters. The summed E-state index contributed by atoms with van der Waals surface area (Å²) in [5.74, 6) is -11.5. The van der Waals surface area contributed by atoms with E-state index in [1.54, 1.807) is 20.8 Å². The van der Waals surface area contributed by atoms with E-state index in [9.17, 15) is 44.4 Å². The van der Waals surface area contributed by atoms with E-state index in [-0.39, 0.29) is 12.8 Å². The highest BCUT2D eigenvalue weighted by molar-refractivity contribution is 5.88. The topological polar surface area (TPSA) is 216 Å². The van der Waals surface area contributed by atoms with E-state index < -0.39 is 141 Å². The predicted molar refractivity (Wildman–Crippen MR) is 158 cm³/mol. The van der Waals surface area contributed by atoms with Gasteiger partial charge >= 0.3 is 23.9 Å². The lowest BCUT2D eigenvalue weighted by atomic mass is 9.40. The molecule has 48 heavy (non-hydrogen) atoms. The Morgan fingerprint density at radius 1 is 0.812 bits per heavy atom. The van der Waals surface area contributed by atoms with Crippen LogP contribution in [0.1, 0.15) is 68.2 Å². The van der Waals surface area contributed by atoms with Gasteiger partial charge in [-0.15, -0.1) is 0 Å². The summed E-state index contributed by atoms with van der Waals surface area (Å²) in [5.41, 5.74) is -6.36. The minimum absolute atomic E-state index is 0.0428. The van der Waals surface area contributed by atoms with Crippen molar-refractivity contribution in [2.75, 3.05) is 0 Å². The number of hydrogen-bond acceptors (Lipinski definition) is 14. The number of fused-ring (bicyclic) bond motifs is 8. The van der Waals surface area contributed by atoms with Crippen molar-refractivity contribution >= 4 is 29.7 Å². The maximum atomic E-state index is 14.3. The fourth-order valence-electron chi connectivity index (χ4n) is 12.6. The molecule has 5 aliphatic carbocycles. The number of Topliss-reactive ketones (excluding diaryl/α,β-unsaturated/α-hetero) is 1.